The molecule has 1 fully saturated rings. The summed E-state index contributed by atoms with van der Waals surface area (Å²) in [7, 11) is 0. The number of rotatable bonds is 4. The average Bonchev–Trinajstić information content (AvgIpc) is 3.08. The van der Waals surface area contributed by atoms with E-state index in [1.807, 2.05) is 18.2 Å². The molecule has 0 spiro atoms. The van der Waals surface area contributed by atoms with Crippen molar-refractivity contribution in [3.8, 4) is 0 Å². The van der Waals surface area contributed by atoms with Crippen molar-refractivity contribution in [1.82, 2.24) is 4.98 Å². The van der Waals surface area contributed by atoms with Gasteiger partial charge < -0.3 is 15.1 Å². The molecule has 1 aromatic heterocycles. The molecule has 4 rings (SSSR count). The molecule has 2 aromatic carbocycles. The van der Waals surface area contributed by atoms with Crippen LogP contribution >= 0.6 is 11.3 Å². The summed E-state index contributed by atoms with van der Waals surface area (Å²) >= 11 is 1.72. The van der Waals surface area contributed by atoms with Gasteiger partial charge in [0.05, 0.1) is 36.4 Å². The number of carbonyl (C=O) groups excluding carboxylic acids is 1. The Labute approximate surface area is 155 Å². The lowest BCUT2D eigenvalue weighted by Crippen LogP contribution is -3.15. The summed E-state index contributed by atoms with van der Waals surface area (Å²) < 4.78 is 14.1. The minimum Gasteiger partial charge on any atom is -0.337 e. The summed E-state index contributed by atoms with van der Waals surface area (Å²) in [6.07, 6.45) is 0. The van der Waals surface area contributed by atoms with Gasteiger partial charge in [-0.05, 0) is 36.4 Å². The van der Waals surface area contributed by atoms with Crippen LogP contribution in [0.3, 0.4) is 0 Å². The molecule has 0 aliphatic carbocycles. The van der Waals surface area contributed by atoms with E-state index in [1.165, 1.54) is 21.7 Å². The summed E-state index contributed by atoms with van der Waals surface area (Å²) in [4.78, 5) is 20.4. The number of hydrogen-bond acceptors (Lipinski definition) is 4. The molecule has 0 atom stereocenters. The normalized spacial score (nSPS) is 15.3. The lowest BCUT2D eigenvalue weighted by molar-refractivity contribution is -0.892. The number of thiazole rings is 1. The summed E-state index contributed by atoms with van der Waals surface area (Å²) in [5.74, 6) is -0.348. The van der Waals surface area contributed by atoms with Crippen molar-refractivity contribution in [1.29, 1.82) is 0 Å². The van der Waals surface area contributed by atoms with Crippen molar-refractivity contribution in [3.63, 3.8) is 0 Å². The van der Waals surface area contributed by atoms with Gasteiger partial charge in [-0.25, -0.2) is 9.37 Å². The minimum absolute atomic E-state index is 0.0416. The second-order valence-electron chi connectivity index (χ2n) is 6.43. The molecule has 0 bridgehead atoms. The van der Waals surface area contributed by atoms with E-state index < -0.39 is 0 Å². The van der Waals surface area contributed by atoms with Crippen molar-refractivity contribution in [3.05, 3.63) is 54.3 Å². The maximum Gasteiger partial charge on any atom is 0.279 e. The largest absolute Gasteiger partial charge is 0.337 e. The van der Waals surface area contributed by atoms with Crippen molar-refractivity contribution in [2.24, 2.45) is 0 Å². The SMILES string of the molecule is O=C(C[NH+]1CCN(c2nc3ccccc3s2)CC1)Nc1ccc(F)cc1. The molecule has 2 N–H and O–H groups in total. The van der Waals surface area contributed by atoms with Gasteiger partial charge in [-0.2, -0.15) is 0 Å². The summed E-state index contributed by atoms with van der Waals surface area (Å²) in [6.45, 7) is 3.99. The van der Waals surface area contributed by atoms with E-state index in [9.17, 15) is 9.18 Å². The molecule has 1 aliphatic heterocycles. The Morgan fingerprint density at radius 3 is 2.62 bits per heavy atom. The monoisotopic (exact) mass is 371 g/mol. The number of piperazine rings is 1. The number of nitrogens with one attached hydrogen (secondary N) is 2. The Hall–Kier alpha value is -2.51. The maximum atomic E-state index is 12.9. The van der Waals surface area contributed by atoms with Gasteiger partial charge in [0.2, 0.25) is 0 Å². The fourth-order valence-corrected chi connectivity index (χ4v) is 4.17. The summed E-state index contributed by atoms with van der Waals surface area (Å²) in [5.41, 5.74) is 1.67. The van der Waals surface area contributed by atoms with Crippen LogP contribution in [-0.4, -0.2) is 43.6 Å². The molecule has 2 heterocycles. The number of nitrogens with zero attached hydrogens (tertiary/aromatic N) is 2. The third kappa shape index (κ3) is 3.84. The quantitative estimate of drug-likeness (QED) is 0.735. The van der Waals surface area contributed by atoms with Gasteiger partial charge in [-0.3, -0.25) is 4.79 Å². The zero-order valence-electron chi connectivity index (χ0n) is 14.2. The van der Waals surface area contributed by atoms with Gasteiger partial charge in [-0.1, -0.05) is 23.5 Å². The second-order valence-corrected chi connectivity index (χ2v) is 7.44. The molecule has 26 heavy (non-hydrogen) atoms. The zero-order valence-corrected chi connectivity index (χ0v) is 15.1. The molecule has 134 valence electrons. The number of quaternary nitrogens is 1. The maximum absolute atomic E-state index is 12.9. The molecule has 1 aliphatic rings. The summed E-state index contributed by atoms with van der Waals surface area (Å²) in [5, 5.41) is 3.88. The average molecular weight is 371 g/mol. The van der Waals surface area contributed by atoms with Gasteiger partial charge in [0, 0.05) is 5.69 Å². The van der Waals surface area contributed by atoms with Crippen LogP contribution in [0.15, 0.2) is 48.5 Å². The van der Waals surface area contributed by atoms with Crippen molar-refractivity contribution < 1.29 is 14.1 Å². The molecular formula is C19H20FN4OS+. The lowest BCUT2D eigenvalue weighted by Gasteiger charge is -2.31. The highest BCUT2D eigenvalue weighted by Gasteiger charge is 2.24. The number of halogens is 1. The van der Waals surface area contributed by atoms with Crippen LogP contribution in [0.5, 0.6) is 0 Å². The van der Waals surface area contributed by atoms with Crippen LogP contribution in [0.1, 0.15) is 0 Å². The summed E-state index contributed by atoms with van der Waals surface area (Å²) in [6, 6.07) is 14.0. The van der Waals surface area contributed by atoms with E-state index in [1.54, 1.807) is 23.5 Å². The Morgan fingerprint density at radius 1 is 1.15 bits per heavy atom. The fraction of sp³-hybridized carbons (Fsp3) is 0.263. The standard InChI is InChI=1S/C19H19FN4OS/c20-14-5-7-15(8-6-14)21-18(25)13-23-9-11-24(12-10-23)19-22-16-3-1-2-4-17(16)26-19/h1-8H,9-13H2,(H,21,25)/p+1. The fourth-order valence-electron chi connectivity index (χ4n) is 3.15. The molecule has 0 radical (unpaired) electrons. The molecule has 5 nitrogen and oxygen atoms in total. The van der Waals surface area contributed by atoms with Crippen molar-refractivity contribution in [2.75, 3.05) is 42.9 Å². The Morgan fingerprint density at radius 2 is 1.88 bits per heavy atom. The first-order valence-electron chi connectivity index (χ1n) is 8.67. The number of fused-ring (bicyclic) bond motifs is 1. The number of amides is 1. The van der Waals surface area contributed by atoms with Crippen LogP contribution in [0.4, 0.5) is 15.2 Å². The first-order chi connectivity index (χ1) is 12.7. The van der Waals surface area contributed by atoms with Crippen LogP contribution in [0, 0.1) is 5.82 Å². The van der Waals surface area contributed by atoms with Gasteiger partial charge >= 0.3 is 0 Å². The molecule has 1 saturated heterocycles. The van der Waals surface area contributed by atoms with E-state index in [2.05, 4.69) is 16.3 Å². The van der Waals surface area contributed by atoms with Crippen molar-refractivity contribution >= 4 is 38.3 Å². The predicted octanol–water partition coefficient (Wildman–Crippen LogP) is 1.78. The highest BCUT2D eigenvalue weighted by molar-refractivity contribution is 7.22. The molecule has 0 saturated carbocycles. The molecule has 1 amide bonds. The number of hydrogen-bond donors (Lipinski definition) is 2. The van der Waals surface area contributed by atoms with Gasteiger partial charge in [0.25, 0.3) is 5.91 Å². The van der Waals surface area contributed by atoms with Crippen LogP contribution in [0.2, 0.25) is 0 Å². The third-order valence-corrected chi connectivity index (χ3v) is 5.66. The molecular weight excluding hydrogens is 351 g/mol. The van der Waals surface area contributed by atoms with E-state index >= 15 is 0 Å². The van der Waals surface area contributed by atoms with E-state index in [4.69, 9.17) is 4.98 Å². The van der Waals surface area contributed by atoms with E-state index in [-0.39, 0.29) is 11.7 Å². The molecule has 3 aromatic rings. The number of carbonyl (C=O) groups is 1. The predicted molar refractivity (Wildman–Crippen MR) is 102 cm³/mol. The van der Waals surface area contributed by atoms with Gasteiger partial charge in [-0.15, -0.1) is 0 Å². The second kappa shape index (κ2) is 7.39. The van der Waals surface area contributed by atoms with Crippen LogP contribution in [0.25, 0.3) is 10.2 Å². The number of anilines is 2. The number of aromatic nitrogens is 1. The van der Waals surface area contributed by atoms with E-state index in [0.717, 1.165) is 36.8 Å². The van der Waals surface area contributed by atoms with Gasteiger partial charge in [0.15, 0.2) is 11.7 Å². The molecule has 7 heteroatoms. The van der Waals surface area contributed by atoms with Crippen LogP contribution in [-0.2, 0) is 4.79 Å². The number of benzene rings is 2. The Balaban J connectivity index is 1.30. The smallest absolute Gasteiger partial charge is 0.279 e. The van der Waals surface area contributed by atoms with Crippen molar-refractivity contribution in [2.45, 2.75) is 0 Å². The highest BCUT2D eigenvalue weighted by atomic mass is 32.1. The highest BCUT2D eigenvalue weighted by Crippen LogP contribution is 2.28. The lowest BCUT2D eigenvalue weighted by atomic mass is 10.3. The van der Waals surface area contributed by atoms with E-state index in [0.29, 0.717) is 12.2 Å². The van der Waals surface area contributed by atoms with Gasteiger partial charge in [0.1, 0.15) is 5.82 Å². The zero-order chi connectivity index (χ0) is 17.9. The number of para-hydroxylation sites is 1. The Bertz CT molecular complexity index is 870. The first-order valence-corrected chi connectivity index (χ1v) is 9.48. The Kier molecular flexibility index (Phi) is 4.81. The topological polar surface area (TPSA) is 49.7 Å². The minimum atomic E-state index is -0.306. The van der Waals surface area contributed by atoms with Crippen LogP contribution < -0.4 is 15.1 Å². The molecule has 0 unspecified atom stereocenters. The third-order valence-electron chi connectivity index (χ3n) is 4.56. The first kappa shape index (κ1) is 16.9.